The van der Waals surface area contributed by atoms with Crippen molar-refractivity contribution in [2.45, 2.75) is 0 Å². The Labute approximate surface area is 303 Å². The van der Waals surface area contributed by atoms with E-state index in [-0.39, 0.29) is 0 Å². The number of rotatable bonds is 3. The molecule has 12 aromatic rings. The maximum absolute atomic E-state index is 6.66. The van der Waals surface area contributed by atoms with Crippen LogP contribution in [0.3, 0.4) is 0 Å². The number of aromatic nitrogens is 3. The van der Waals surface area contributed by atoms with E-state index in [1.165, 1.54) is 54.5 Å². The Balaban J connectivity index is 1.12. The summed E-state index contributed by atoms with van der Waals surface area (Å²) >= 11 is 0. The Morgan fingerprint density at radius 3 is 1.79 bits per heavy atom. The van der Waals surface area contributed by atoms with Crippen molar-refractivity contribution in [3.05, 3.63) is 176 Å². The Hall–Kier alpha value is -7.17. The zero-order valence-corrected chi connectivity index (χ0v) is 28.5. The fraction of sp³-hybridized carbons (Fsp3) is 0. The SMILES string of the molecule is c1ccc(-n2c3ccc(-c4ccc5c(c4)c4ccccc4n5-c4c5ccccc5nc5c4oc4ccccc45)cc3c3cc4ccccc4cc32)cc1. The van der Waals surface area contributed by atoms with E-state index in [1.807, 2.05) is 12.1 Å². The lowest BCUT2D eigenvalue weighted by Gasteiger charge is -2.12. The van der Waals surface area contributed by atoms with Crippen LogP contribution in [0.4, 0.5) is 0 Å². The summed E-state index contributed by atoms with van der Waals surface area (Å²) in [5.74, 6) is 0. The van der Waals surface area contributed by atoms with Crippen molar-refractivity contribution >= 4 is 87.4 Å². The second-order valence-corrected chi connectivity index (χ2v) is 14.0. The Morgan fingerprint density at radius 2 is 0.981 bits per heavy atom. The fourth-order valence-electron chi connectivity index (χ4n) is 8.67. The highest BCUT2D eigenvalue weighted by Crippen LogP contribution is 2.42. The molecule has 8 aromatic carbocycles. The van der Waals surface area contributed by atoms with Gasteiger partial charge in [0.15, 0.2) is 5.58 Å². The van der Waals surface area contributed by atoms with E-state index in [2.05, 4.69) is 173 Å². The molecule has 53 heavy (non-hydrogen) atoms. The summed E-state index contributed by atoms with van der Waals surface area (Å²) < 4.78 is 11.4. The maximum Gasteiger partial charge on any atom is 0.178 e. The third-order valence-electron chi connectivity index (χ3n) is 11.1. The molecule has 4 aromatic heterocycles. The van der Waals surface area contributed by atoms with Gasteiger partial charge < -0.3 is 13.6 Å². The molecule has 0 fully saturated rings. The van der Waals surface area contributed by atoms with Gasteiger partial charge in [-0.2, -0.15) is 0 Å². The molecule has 0 unspecified atom stereocenters. The number of furan rings is 1. The molecule has 0 bridgehead atoms. The molecule has 0 aliphatic carbocycles. The number of hydrogen-bond donors (Lipinski definition) is 0. The lowest BCUT2D eigenvalue weighted by molar-refractivity contribution is 0.666. The zero-order valence-electron chi connectivity index (χ0n) is 28.5. The highest BCUT2D eigenvalue weighted by molar-refractivity contribution is 6.17. The predicted octanol–water partition coefficient (Wildman–Crippen LogP) is 13.1. The quantitative estimate of drug-likeness (QED) is 0.187. The molecule has 0 radical (unpaired) electrons. The van der Waals surface area contributed by atoms with Crippen molar-refractivity contribution in [1.82, 2.24) is 14.1 Å². The van der Waals surface area contributed by atoms with Gasteiger partial charge in [0.25, 0.3) is 0 Å². The minimum atomic E-state index is 0.796. The van der Waals surface area contributed by atoms with Crippen LogP contribution < -0.4 is 0 Å². The van der Waals surface area contributed by atoms with Gasteiger partial charge in [0.05, 0.1) is 27.6 Å². The number of benzene rings is 8. The zero-order chi connectivity index (χ0) is 34.6. The van der Waals surface area contributed by atoms with Crippen molar-refractivity contribution in [2.75, 3.05) is 0 Å². The molecule has 0 atom stereocenters. The molecule has 4 nitrogen and oxygen atoms in total. The predicted molar refractivity (Wildman–Crippen MR) is 221 cm³/mol. The van der Waals surface area contributed by atoms with Crippen LogP contribution in [0.2, 0.25) is 0 Å². The van der Waals surface area contributed by atoms with E-state index in [0.717, 1.165) is 55.4 Å². The molecule has 12 rings (SSSR count). The van der Waals surface area contributed by atoms with E-state index in [1.54, 1.807) is 0 Å². The number of para-hydroxylation sites is 4. The molecule has 0 spiro atoms. The number of fused-ring (bicyclic) bond motifs is 11. The Morgan fingerprint density at radius 1 is 0.396 bits per heavy atom. The van der Waals surface area contributed by atoms with Gasteiger partial charge >= 0.3 is 0 Å². The lowest BCUT2D eigenvalue weighted by Crippen LogP contribution is -1.97. The summed E-state index contributed by atoms with van der Waals surface area (Å²) in [4.78, 5) is 5.13. The molecular formula is C49H29N3O. The standard InChI is InChI=1S/C49H29N3O/c1-2-14-34(15-3-1)51-43-24-22-33(28-39(43)40-26-30-12-4-5-13-31(30)29-45(40)51)32-23-25-44-38(27-32)35-16-7-10-20-42(35)52(44)48-36-17-6-9-19-41(36)50-47-37-18-8-11-21-46(37)53-49(47)48/h1-29H. The topological polar surface area (TPSA) is 35.9 Å². The number of nitrogens with zero attached hydrogens (tertiary/aromatic N) is 3. The Bertz CT molecular complexity index is 3460. The van der Waals surface area contributed by atoms with E-state index in [9.17, 15) is 0 Å². The van der Waals surface area contributed by atoms with Crippen LogP contribution in [0, 0.1) is 0 Å². The van der Waals surface area contributed by atoms with Crippen molar-refractivity contribution in [2.24, 2.45) is 0 Å². The van der Waals surface area contributed by atoms with E-state index < -0.39 is 0 Å². The van der Waals surface area contributed by atoms with Crippen LogP contribution >= 0.6 is 0 Å². The van der Waals surface area contributed by atoms with E-state index in [0.29, 0.717) is 0 Å². The Kier molecular flexibility index (Phi) is 5.74. The molecular weight excluding hydrogens is 647 g/mol. The molecule has 246 valence electrons. The summed E-state index contributed by atoms with van der Waals surface area (Å²) in [6.45, 7) is 0. The highest BCUT2D eigenvalue weighted by atomic mass is 16.3. The van der Waals surface area contributed by atoms with Crippen LogP contribution in [0.1, 0.15) is 0 Å². The summed E-state index contributed by atoms with van der Waals surface area (Å²) in [5.41, 5.74) is 12.7. The van der Waals surface area contributed by atoms with Crippen LogP contribution in [0.5, 0.6) is 0 Å². The average molecular weight is 676 g/mol. The number of hydrogen-bond acceptors (Lipinski definition) is 2. The molecule has 0 saturated carbocycles. The normalized spacial score (nSPS) is 12.2. The van der Waals surface area contributed by atoms with Gasteiger partial charge in [0, 0.05) is 38.0 Å². The van der Waals surface area contributed by atoms with Crippen LogP contribution in [0.25, 0.3) is 110 Å². The van der Waals surface area contributed by atoms with E-state index in [4.69, 9.17) is 9.40 Å². The third kappa shape index (κ3) is 4.03. The van der Waals surface area contributed by atoms with Gasteiger partial charge in [0.2, 0.25) is 0 Å². The van der Waals surface area contributed by atoms with Crippen molar-refractivity contribution in [3.8, 4) is 22.5 Å². The highest BCUT2D eigenvalue weighted by Gasteiger charge is 2.22. The van der Waals surface area contributed by atoms with Crippen LogP contribution in [-0.4, -0.2) is 14.1 Å². The first-order chi connectivity index (χ1) is 26.3. The molecule has 0 N–H and O–H groups in total. The van der Waals surface area contributed by atoms with Crippen LogP contribution in [-0.2, 0) is 0 Å². The second-order valence-electron chi connectivity index (χ2n) is 14.0. The van der Waals surface area contributed by atoms with Crippen molar-refractivity contribution in [1.29, 1.82) is 0 Å². The summed E-state index contributed by atoms with van der Waals surface area (Å²) in [6.07, 6.45) is 0. The average Bonchev–Trinajstić information content (AvgIpc) is 3.86. The van der Waals surface area contributed by atoms with Crippen molar-refractivity contribution < 1.29 is 4.42 Å². The largest absolute Gasteiger partial charge is 0.452 e. The summed E-state index contributed by atoms with van der Waals surface area (Å²) in [5, 5.41) is 9.45. The van der Waals surface area contributed by atoms with E-state index >= 15 is 0 Å². The monoisotopic (exact) mass is 675 g/mol. The molecule has 4 heteroatoms. The van der Waals surface area contributed by atoms with Gasteiger partial charge in [-0.3, -0.25) is 0 Å². The van der Waals surface area contributed by atoms with Gasteiger partial charge in [-0.15, -0.1) is 0 Å². The molecule has 0 amide bonds. The first-order valence-electron chi connectivity index (χ1n) is 18.0. The van der Waals surface area contributed by atoms with Crippen molar-refractivity contribution in [3.63, 3.8) is 0 Å². The van der Waals surface area contributed by atoms with Crippen LogP contribution in [0.15, 0.2) is 180 Å². The van der Waals surface area contributed by atoms with Gasteiger partial charge in [0.1, 0.15) is 16.8 Å². The first kappa shape index (κ1) is 28.5. The maximum atomic E-state index is 6.66. The third-order valence-corrected chi connectivity index (χ3v) is 11.1. The number of pyridine rings is 1. The van der Waals surface area contributed by atoms with Gasteiger partial charge in [-0.25, -0.2) is 4.98 Å². The van der Waals surface area contributed by atoms with Gasteiger partial charge in [-0.1, -0.05) is 103 Å². The smallest absolute Gasteiger partial charge is 0.178 e. The summed E-state index contributed by atoms with van der Waals surface area (Å²) in [6, 6.07) is 63.2. The summed E-state index contributed by atoms with van der Waals surface area (Å²) in [7, 11) is 0. The van der Waals surface area contributed by atoms with Gasteiger partial charge in [-0.05, 0) is 94.7 Å². The molecule has 0 aliphatic rings. The minimum Gasteiger partial charge on any atom is -0.452 e. The minimum absolute atomic E-state index is 0.796. The lowest BCUT2D eigenvalue weighted by atomic mass is 10.00. The second kappa shape index (κ2) is 10.7. The molecule has 4 heterocycles. The molecule has 0 saturated heterocycles. The fourth-order valence-corrected chi connectivity index (χ4v) is 8.67. The molecule has 0 aliphatic heterocycles. The first-order valence-corrected chi connectivity index (χ1v) is 18.0.